The lowest BCUT2D eigenvalue weighted by atomic mass is 9.85. The Bertz CT molecular complexity index is 391. The quantitative estimate of drug-likeness (QED) is 0.773. The molecular formula is C17H30N2. The zero-order valence-electron chi connectivity index (χ0n) is 13.2. The number of aryl methyl sites for hydroxylation is 1. The van der Waals surface area contributed by atoms with Gasteiger partial charge in [-0.05, 0) is 61.0 Å². The summed E-state index contributed by atoms with van der Waals surface area (Å²) in [6, 6.07) is 6.88. The van der Waals surface area contributed by atoms with Crippen LogP contribution in [0.4, 0.5) is 0 Å². The summed E-state index contributed by atoms with van der Waals surface area (Å²) < 4.78 is 0. The van der Waals surface area contributed by atoms with Gasteiger partial charge in [0.05, 0.1) is 0 Å². The van der Waals surface area contributed by atoms with E-state index >= 15 is 0 Å². The summed E-state index contributed by atoms with van der Waals surface area (Å²) in [5, 5.41) is 3.48. The first-order valence-corrected chi connectivity index (χ1v) is 7.35. The molecule has 0 saturated carbocycles. The molecule has 0 aliphatic rings. The van der Waals surface area contributed by atoms with Gasteiger partial charge >= 0.3 is 0 Å². The van der Waals surface area contributed by atoms with E-state index in [2.05, 4.69) is 58.1 Å². The number of hydrogen-bond acceptors (Lipinski definition) is 2. The number of hydrogen-bond donors (Lipinski definition) is 2. The predicted octanol–water partition coefficient (Wildman–Crippen LogP) is 3.02. The molecule has 1 rings (SSSR count). The highest BCUT2D eigenvalue weighted by Gasteiger charge is 2.14. The second-order valence-electron chi connectivity index (χ2n) is 6.69. The van der Waals surface area contributed by atoms with Crippen LogP contribution in [0.2, 0.25) is 0 Å². The molecule has 1 aromatic carbocycles. The Morgan fingerprint density at radius 3 is 2.47 bits per heavy atom. The molecule has 3 N–H and O–H groups in total. The molecule has 108 valence electrons. The van der Waals surface area contributed by atoms with E-state index in [1.807, 2.05) is 0 Å². The van der Waals surface area contributed by atoms with Crippen LogP contribution < -0.4 is 11.1 Å². The standard InChI is InChI=1S/C17H30N2/c1-13(11-18)12-19-9-8-15-6-7-16(10-14(15)2)17(3,4)5/h6-7,10,13,19H,8-9,11-12,18H2,1-5H3. The van der Waals surface area contributed by atoms with Gasteiger partial charge in [-0.25, -0.2) is 0 Å². The summed E-state index contributed by atoms with van der Waals surface area (Å²) >= 11 is 0. The Hall–Kier alpha value is -0.860. The Kier molecular flexibility index (Phi) is 6.02. The van der Waals surface area contributed by atoms with Crippen LogP contribution in [0.5, 0.6) is 0 Å². The van der Waals surface area contributed by atoms with Crippen LogP contribution in [0.3, 0.4) is 0 Å². The molecule has 1 unspecified atom stereocenters. The zero-order valence-corrected chi connectivity index (χ0v) is 13.2. The van der Waals surface area contributed by atoms with Crippen LogP contribution in [0, 0.1) is 12.8 Å². The minimum Gasteiger partial charge on any atom is -0.330 e. The molecule has 2 heteroatoms. The molecular weight excluding hydrogens is 232 g/mol. The van der Waals surface area contributed by atoms with Crippen molar-refractivity contribution in [1.29, 1.82) is 0 Å². The second-order valence-corrected chi connectivity index (χ2v) is 6.69. The number of rotatable bonds is 6. The van der Waals surface area contributed by atoms with Crippen LogP contribution in [0.1, 0.15) is 44.4 Å². The molecule has 0 saturated heterocycles. The van der Waals surface area contributed by atoms with Crippen LogP contribution in [0.15, 0.2) is 18.2 Å². The Balaban J connectivity index is 2.52. The largest absolute Gasteiger partial charge is 0.330 e. The van der Waals surface area contributed by atoms with E-state index in [9.17, 15) is 0 Å². The second kappa shape index (κ2) is 7.06. The molecule has 2 nitrogen and oxygen atoms in total. The third-order valence-corrected chi connectivity index (χ3v) is 3.67. The molecule has 0 radical (unpaired) electrons. The topological polar surface area (TPSA) is 38.0 Å². The van der Waals surface area contributed by atoms with Crippen molar-refractivity contribution < 1.29 is 0 Å². The SMILES string of the molecule is Cc1cc(C(C)(C)C)ccc1CCNCC(C)CN. The minimum absolute atomic E-state index is 0.234. The Morgan fingerprint density at radius 2 is 1.95 bits per heavy atom. The van der Waals surface area contributed by atoms with Crippen LogP contribution in [-0.4, -0.2) is 19.6 Å². The van der Waals surface area contributed by atoms with Crippen LogP contribution in [-0.2, 0) is 11.8 Å². The van der Waals surface area contributed by atoms with E-state index in [1.165, 1.54) is 16.7 Å². The van der Waals surface area contributed by atoms with E-state index in [4.69, 9.17) is 5.73 Å². The third kappa shape index (κ3) is 5.33. The molecule has 0 fully saturated rings. The lowest BCUT2D eigenvalue weighted by Gasteiger charge is -2.20. The summed E-state index contributed by atoms with van der Waals surface area (Å²) in [6.07, 6.45) is 1.09. The Labute approximate surface area is 118 Å². The molecule has 0 aliphatic heterocycles. The maximum Gasteiger partial charge on any atom is -0.000813 e. The van der Waals surface area contributed by atoms with Crippen molar-refractivity contribution in [3.63, 3.8) is 0 Å². The van der Waals surface area contributed by atoms with Crippen molar-refractivity contribution in [2.24, 2.45) is 11.7 Å². The van der Waals surface area contributed by atoms with Crippen molar-refractivity contribution in [3.8, 4) is 0 Å². The number of nitrogens with one attached hydrogen (secondary N) is 1. The first kappa shape index (κ1) is 16.2. The van der Waals surface area contributed by atoms with E-state index < -0.39 is 0 Å². The molecule has 0 spiro atoms. The van der Waals surface area contributed by atoms with Crippen LogP contribution in [0.25, 0.3) is 0 Å². The van der Waals surface area contributed by atoms with Gasteiger partial charge in [-0.1, -0.05) is 45.9 Å². The van der Waals surface area contributed by atoms with E-state index in [1.54, 1.807) is 0 Å². The average molecular weight is 262 g/mol. The fraction of sp³-hybridized carbons (Fsp3) is 0.647. The fourth-order valence-electron chi connectivity index (χ4n) is 2.10. The van der Waals surface area contributed by atoms with E-state index in [-0.39, 0.29) is 5.41 Å². The molecule has 0 heterocycles. The number of benzene rings is 1. The first-order chi connectivity index (χ1) is 8.84. The van der Waals surface area contributed by atoms with Crippen LogP contribution >= 0.6 is 0 Å². The normalized spacial score (nSPS) is 13.6. The average Bonchev–Trinajstić information content (AvgIpc) is 2.34. The lowest BCUT2D eigenvalue weighted by Crippen LogP contribution is -2.27. The summed E-state index contributed by atoms with van der Waals surface area (Å²) in [4.78, 5) is 0. The maximum absolute atomic E-state index is 5.61. The summed E-state index contributed by atoms with van der Waals surface area (Å²) in [6.45, 7) is 14.0. The summed E-state index contributed by atoms with van der Waals surface area (Å²) in [7, 11) is 0. The summed E-state index contributed by atoms with van der Waals surface area (Å²) in [5.41, 5.74) is 10.1. The molecule has 0 amide bonds. The van der Waals surface area contributed by atoms with Gasteiger partial charge in [-0.3, -0.25) is 0 Å². The molecule has 0 aromatic heterocycles. The smallest absolute Gasteiger partial charge is 0.000813 e. The number of nitrogens with two attached hydrogens (primary N) is 1. The van der Waals surface area contributed by atoms with Gasteiger partial charge in [0, 0.05) is 0 Å². The molecule has 1 atom stereocenters. The molecule has 0 bridgehead atoms. The highest BCUT2D eigenvalue weighted by molar-refractivity contribution is 5.34. The van der Waals surface area contributed by atoms with Gasteiger partial charge < -0.3 is 11.1 Å². The Morgan fingerprint density at radius 1 is 1.26 bits per heavy atom. The predicted molar refractivity (Wildman–Crippen MR) is 84.7 cm³/mol. The van der Waals surface area contributed by atoms with Crippen molar-refractivity contribution in [2.75, 3.05) is 19.6 Å². The van der Waals surface area contributed by atoms with Crippen molar-refractivity contribution in [2.45, 2.75) is 46.5 Å². The highest BCUT2D eigenvalue weighted by atomic mass is 14.9. The van der Waals surface area contributed by atoms with Crippen molar-refractivity contribution >= 4 is 0 Å². The zero-order chi connectivity index (χ0) is 14.5. The van der Waals surface area contributed by atoms with Crippen molar-refractivity contribution in [3.05, 3.63) is 34.9 Å². The molecule has 0 aliphatic carbocycles. The lowest BCUT2D eigenvalue weighted by molar-refractivity contribution is 0.524. The maximum atomic E-state index is 5.61. The molecule has 19 heavy (non-hydrogen) atoms. The minimum atomic E-state index is 0.234. The van der Waals surface area contributed by atoms with Gasteiger partial charge in [0.1, 0.15) is 0 Å². The van der Waals surface area contributed by atoms with E-state index in [0.29, 0.717) is 5.92 Å². The van der Waals surface area contributed by atoms with Gasteiger partial charge in [0.15, 0.2) is 0 Å². The van der Waals surface area contributed by atoms with E-state index in [0.717, 1.165) is 26.1 Å². The fourth-order valence-corrected chi connectivity index (χ4v) is 2.10. The monoisotopic (exact) mass is 262 g/mol. The summed E-state index contributed by atoms with van der Waals surface area (Å²) in [5.74, 6) is 0.560. The van der Waals surface area contributed by atoms with Crippen molar-refractivity contribution in [1.82, 2.24) is 5.32 Å². The first-order valence-electron chi connectivity index (χ1n) is 7.35. The third-order valence-electron chi connectivity index (χ3n) is 3.67. The van der Waals surface area contributed by atoms with Gasteiger partial charge in [0.25, 0.3) is 0 Å². The highest BCUT2D eigenvalue weighted by Crippen LogP contribution is 2.24. The van der Waals surface area contributed by atoms with Gasteiger partial charge in [-0.15, -0.1) is 0 Å². The molecule has 1 aromatic rings. The van der Waals surface area contributed by atoms with Gasteiger partial charge in [-0.2, -0.15) is 0 Å². The van der Waals surface area contributed by atoms with Gasteiger partial charge in [0.2, 0.25) is 0 Å².